The minimum absolute atomic E-state index is 0.0184. The highest BCUT2D eigenvalue weighted by Crippen LogP contribution is 2.49. The summed E-state index contributed by atoms with van der Waals surface area (Å²) in [6.07, 6.45) is 2.22. The topological polar surface area (TPSA) is 48.1 Å². The molecule has 1 aliphatic rings. The summed E-state index contributed by atoms with van der Waals surface area (Å²) in [4.78, 5) is 4.59. The van der Waals surface area contributed by atoms with Crippen molar-refractivity contribution < 1.29 is 4.74 Å². The Bertz CT molecular complexity index is 355. The predicted molar refractivity (Wildman–Crippen MR) is 62.0 cm³/mol. The molecular weight excluding hydrogens is 208 g/mol. The van der Waals surface area contributed by atoms with E-state index >= 15 is 0 Å². The fourth-order valence-corrected chi connectivity index (χ4v) is 2.73. The number of methoxy groups -OCH3 is 1. The van der Waals surface area contributed by atoms with Crippen molar-refractivity contribution in [2.24, 2.45) is 5.73 Å². The monoisotopic (exact) mass is 226 g/mol. The van der Waals surface area contributed by atoms with Crippen LogP contribution in [0, 0.1) is 0 Å². The summed E-state index contributed by atoms with van der Waals surface area (Å²) in [6, 6.07) is 0. The average molecular weight is 226 g/mol. The molecule has 0 bridgehead atoms. The van der Waals surface area contributed by atoms with Gasteiger partial charge in [-0.25, -0.2) is 4.98 Å². The third-order valence-corrected chi connectivity index (χ3v) is 4.32. The lowest BCUT2D eigenvalue weighted by molar-refractivity contribution is 0.184. The van der Waals surface area contributed by atoms with Gasteiger partial charge < -0.3 is 10.5 Å². The zero-order valence-corrected chi connectivity index (χ0v) is 10.4. The standard InChI is InChI=1S/C11H18N2OS/c1-10(2,11(12)4-5-11)8-7-15-9(13-8)6-14-3/h7H,4-6,12H2,1-3H3. The van der Waals surface area contributed by atoms with E-state index in [1.165, 1.54) is 0 Å². The molecule has 0 atom stereocenters. The number of thiazole rings is 1. The van der Waals surface area contributed by atoms with E-state index in [2.05, 4.69) is 24.2 Å². The quantitative estimate of drug-likeness (QED) is 0.855. The minimum atomic E-state index is -0.0363. The van der Waals surface area contributed by atoms with E-state index in [1.807, 2.05) is 0 Å². The molecule has 0 aromatic carbocycles. The van der Waals surface area contributed by atoms with Crippen LogP contribution in [0.4, 0.5) is 0 Å². The minimum Gasteiger partial charge on any atom is -0.378 e. The van der Waals surface area contributed by atoms with E-state index in [9.17, 15) is 0 Å². The maximum absolute atomic E-state index is 6.27. The lowest BCUT2D eigenvalue weighted by Crippen LogP contribution is -2.43. The van der Waals surface area contributed by atoms with Gasteiger partial charge in [0.25, 0.3) is 0 Å². The molecule has 0 saturated heterocycles. The fraction of sp³-hybridized carbons (Fsp3) is 0.727. The number of nitrogens with zero attached hydrogens (tertiary/aromatic N) is 1. The van der Waals surface area contributed by atoms with Gasteiger partial charge >= 0.3 is 0 Å². The molecule has 0 aliphatic heterocycles. The van der Waals surface area contributed by atoms with Gasteiger partial charge in [-0.2, -0.15) is 0 Å². The summed E-state index contributed by atoms with van der Waals surface area (Å²) >= 11 is 1.65. The summed E-state index contributed by atoms with van der Waals surface area (Å²) in [5.74, 6) is 0. The summed E-state index contributed by atoms with van der Waals surface area (Å²) in [6.45, 7) is 4.97. The van der Waals surface area contributed by atoms with Gasteiger partial charge in [0.2, 0.25) is 0 Å². The fourth-order valence-electron chi connectivity index (χ4n) is 1.80. The number of nitrogens with two attached hydrogens (primary N) is 1. The van der Waals surface area contributed by atoms with Crippen LogP contribution in [-0.2, 0) is 16.8 Å². The second kappa shape index (κ2) is 3.54. The Morgan fingerprint density at radius 2 is 2.27 bits per heavy atom. The molecule has 0 amide bonds. The van der Waals surface area contributed by atoms with Crippen LogP contribution >= 0.6 is 11.3 Å². The first-order valence-electron chi connectivity index (χ1n) is 5.22. The predicted octanol–water partition coefficient (Wildman–Crippen LogP) is 2.06. The van der Waals surface area contributed by atoms with Gasteiger partial charge in [-0.1, -0.05) is 13.8 Å². The van der Waals surface area contributed by atoms with Crippen molar-refractivity contribution in [1.82, 2.24) is 4.98 Å². The highest BCUT2D eigenvalue weighted by atomic mass is 32.1. The summed E-state index contributed by atoms with van der Waals surface area (Å²) < 4.78 is 5.07. The van der Waals surface area contributed by atoms with Crippen molar-refractivity contribution in [1.29, 1.82) is 0 Å². The third-order valence-electron chi connectivity index (χ3n) is 3.49. The van der Waals surface area contributed by atoms with E-state index < -0.39 is 0 Å². The zero-order valence-electron chi connectivity index (χ0n) is 9.54. The van der Waals surface area contributed by atoms with Crippen LogP contribution in [0.2, 0.25) is 0 Å². The molecule has 0 spiro atoms. The third kappa shape index (κ3) is 1.82. The number of ether oxygens (including phenoxy) is 1. The Kier molecular flexibility index (Phi) is 2.61. The average Bonchev–Trinajstić information content (AvgIpc) is 2.78. The number of rotatable bonds is 4. The first kappa shape index (κ1) is 11.0. The van der Waals surface area contributed by atoms with E-state index in [4.69, 9.17) is 10.5 Å². The van der Waals surface area contributed by atoms with Gasteiger partial charge in [-0.05, 0) is 12.8 Å². The first-order valence-corrected chi connectivity index (χ1v) is 6.10. The van der Waals surface area contributed by atoms with E-state index in [0.29, 0.717) is 6.61 Å². The van der Waals surface area contributed by atoms with Gasteiger partial charge in [0, 0.05) is 23.4 Å². The van der Waals surface area contributed by atoms with Crippen molar-refractivity contribution in [3.8, 4) is 0 Å². The number of hydrogen-bond acceptors (Lipinski definition) is 4. The second-order valence-corrected chi connectivity index (χ2v) is 5.78. The lowest BCUT2D eigenvalue weighted by Gasteiger charge is -2.30. The summed E-state index contributed by atoms with van der Waals surface area (Å²) in [7, 11) is 1.69. The lowest BCUT2D eigenvalue weighted by atomic mass is 9.80. The van der Waals surface area contributed by atoms with Crippen molar-refractivity contribution in [3.05, 3.63) is 16.1 Å². The Morgan fingerprint density at radius 3 is 2.80 bits per heavy atom. The van der Waals surface area contributed by atoms with Crippen LogP contribution in [0.25, 0.3) is 0 Å². The van der Waals surface area contributed by atoms with Crippen molar-refractivity contribution >= 4 is 11.3 Å². The van der Waals surface area contributed by atoms with Crippen LogP contribution in [0.1, 0.15) is 37.4 Å². The maximum Gasteiger partial charge on any atom is 0.119 e. The van der Waals surface area contributed by atoms with Gasteiger partial charge in [-0.15, -0.1) is 11.3 Å². The molecule has 0 radical (unpaired) electrons. The van der Waals surface area contributed by atoms with Gasteiger partial charge in [-0.3, -0.25) is 0 Å². The van der Waals surface area contributed by atoms with Crippen molar-refractivity contribution in [2.45, 2.75) is 44.2 Å². The molecule has 2 N–H and O–H groups in total. The second-order valence-electron chi connectivity index (χ2n) is 4.84. The molecular formula is C11H18N2OS. The number of aromatic nitrogens is 1. The molecule has 15 heavy (non-hydrogen) atoms. The molecule has 1 fully saturated rings. The molecule has 1 aliphatic carbocycles. The normalized spacial score (nSPS) is 19.2. The van der Waals surface area contributed by atoms with Crippen LogP contribution in [0.5, 0.6) is 0 Å². The van der Waals surface area contributed by atoms with Gasteiger partial charge in [0.1, 0.15) is 5.01 Å². The molecule has 1 aromatic rings. The largest absolute Gasteiger partial charge is 0.378 e. The molecule has 0 unspecified atom stereocenters. The SMILES string of the molecule is COCc1nc(C(C)(C)C2(N)CC2)cs1. The molecule has 84 valence electrons. The molecule has 1 saturated carbocycles. The van der Waals surface area contributed by atoms with Crippen LogP contribution < -0.4 is 5.73 Å². The van der Waals surface area contributed by atoms with Crippen molar-refractivity contribution in [3.63, 3.8) is 0 Å². The Morgan fingerprint density at radius 1 is 1.60 bits per heavy atom. The van der Waals surface area contributed by atoms with E-state index in [1.54, 1.807) is 18.4 Å². The Balaban J connectivity index is 2.21. The smallest absolute Gasteiger partial charge is 0.119 e. The highest BCUT2D eigenvalue weighted by molar-refractivity contribution is 7.09. The van der Waals surface area contributed by atoms with E-state index in [0.717, 1.165) is 23.5 Å². The van der Waals surface area contributed by atoms with Crippen LogP contribution in [0.15, 0.2) is 5.38 Å². The highest BCUT2D eigenvalue weighted by Gasteiger charge is 2.52. The maximum atomic E-state index is 6.27. The van der Waals surface area contributed by atoms with Gasteiger partial charge in [0.05, 0.1) is 12.3 Å². The molecule has 3 nitrogen and oxygen atoms in total. The Hall–Kier alpha value is -0.450. The van der Waals surface area contributed by atoms with Crippen molar-refractivity contribution in [2.75, 3.05) is 7.11 Å². The van der Waals surface area contributed by atoms with Crippen LogP contribution in [-0.4, -0.2) is 17.6 Å². The summed E-state index contributed by atoms with van der Waals surface area (Å²) in [5.41, 5.74) is 7.33. The summed E-state index contributed by atoms with van der Waals surface area (Å²) in [5, 5.41) is 3.14. The van der Waals surface area contributed by atoms with Gasteiger partial charge in [0.15, 0.2) is 0 Å². The van der Waals surface area contributed by atoms with E-state index in [-0.39, 0.29) is 11.0 Å². The molecule has 4 heteroatoms. The zero-order chi connectivity index (χ0) is 11.1. The molecule has 1 heterocycles. The molecule has 1 aromatic heterocycles. The first-order chi connectivity index (χ1) is 6.99. The van der Waals surface area contributed by atoms with Crippen LogP contribution in [0.3, 0.4) is 0 Å². The number of hydrogen-bond donors (Lipinski definition) is 1. The molecule has 2 rings (SSSR count). The Labute approximate surface area is 94.7 Å².